The maximum Gasteiger partial charge on any atom is 1.00 e. The number of hydrogen-bond acceptors (Lipinski definition) is 6. The number of aliphatic carboxylic acids is 4. The molecule has 0 aromatic heterocycles. The van der Waals surface area contributed by atoms with Crippen molar-refractivity contribution in [2.75, 3.05) is 39.3 Å². The van der Waals surface area contributed by atoms with Gasteiger partial charge in [0.05, 0.1) is 26.2 Å². The summed E-state index contributed by atoms with van der Waals surface area (Å²) >= 11 is 0. The van der Waals surface area contributed by atoms with Crippen molar-refractivity contribution in [3.05, 3.63) is 0 Å². The Bertz CT molecular complexity index is 336. The van der Waals surface area contributed by atoms with Crippen LogP contribution in [0.1, 0.15) is 0 Å². The standard InChI is InChI=1S/C10H16N2O8.2Na.4H2O.Zn/c13-7(14)3-11(4-8(15)16)1-2-12(5-9(17)18)6-10(19)20;;;;;;;/h1-6H2,(H,13,14)(H,15,16)(H,17,18)(H,19,20);;;4*1H2;/q;2*+1;;;;;. The molecule has 0 aliphatic carbocycles. The fourth-order valence-electron chi connectivity index (χ4n) is 1.48. The van der Waals surface area contributed by atoms with E-state index in [4.69, 9.17) is 20.4 Å². The molecule has 0 amide bonds. The van der Waals surface area contributed by atoms with Gasteiger partial charge in [-0.25, -0.2) is 0 Å². The quantitative estimate of drug-likeness (QED) is 0.204. The minimum absolute atomic E-state index is 0. The summed E-state index contributed by atoms with van der Waals surface area (Å²) < 4.78 is 0. The average molecular weight is 476 g/mol. The first-order valence-corrected chi connectivity index (χ1v) is 5.52. The van der Waals surface area contributed by atoms with Gasteiger partial charge in [0, 0.05) is 32.6 Å². The van der Waals surface area contributed by atoms with Crippen LogP contribution >= 0.6 is 0 Å². The van der Waals surface area contributed by atoms with Crippen molar-refractivity contribution >= 4 is 23.9 Å². The molecule has 0 saturated carbocycles. The summed E-state index contributed by atoms with van der Waals surface area (Å²) in [5.41, 5.74) is 0. The largest absolute Gasteiger partial charge is 1.00 e. The van der Waals surface area contributed by atoms with Crippen LogP contribution in [0.3, 0.4) is 0 Å². The van der Waals surface area contributed by atoms with E-state index in [2.05, 4.69) is 0 Å². The molecule has 17 heteroatoms. The minimum Gasteiger partial charge on any atom is -0.480 e. The molecule has 148 valence electrons. The van der Waals surface area contributed by atoms with Gasteiger partial charge in [-0.3, -0.25) is 29.0 Å². The third kappa shape index (κ3) is 34.2. The van der Waals surface area contributed by atoms with Crippen molar-refractivity contribution in [1.29, 1.82) is 0 Å². The van der Waals surface area contributed by atoms with Gasteiger partial charge in [-0.05, 0) is 0 Å². The second-order valence-electron chi connectivity index (χ2n) is 4.00. The third-order valence-corrected chi connectivity index (χ3v) is 2.17. The predicted molar refractivity (Wildman–Crippen MR) is 77.9 cm³/mol. The van der Waals surface area contributed by atoms with Crippen molar-refractivity contribution in [2.24, 2.45) is 0 Å². The van der Waals surface area contributed by atoms with E-state index in [1.165, 1.54) is 0 Å². The monoisotopic (exact) mass is 474 g/mol. The molecule has 0 aliphatic rings. The van der Waals surface area contributed by atoms with Crippen LogP contribution in [0, 0.1) is 0 Å². The van der Waals surface area contributed by atoms with Crippen LogP contribution in [0.2, 0.25) is 0 Å². The summed E-state index contributed by atoms with van der Waals surface area (Å²) in [7, 11) is 0. The zero-order valence-electron chi connectivity index (χ0n) is 15.3. The summed E-state index contributed by atoms with van der Waals surface area (Å²) in [5, 5.41) is 34.5. The Balaban J connectivity index is -0.0000000860. The van der Waals surface area contributed by atoms with E-state index in [1.807, 2.05) is 0 Å². The second-order valence-corrected chi connectivity index (χ2v) is 4.00. The molecule has 12 N–H and O–H groups in total. The Hall–Kier alpha value is 0.263. The SMILES string of the molecule is O.O.O.O.O=C(O)CN(CCN(CC(=O)O)CC(=O)O)CC(=O)O.[Na+].[Na+].[Zn]. The van der Waals surface area contributed by atoms with E-state index < -0.39 is 50.1 Å². The summed E-state index contributed by atoms with van der Waals surface area (Å²) in [6, 6.07) is 0. The third-order valence-electron chi connectivity index (χ3n) is 2.17. The van der Waals surface area contributed by atoms with Crippen LogP contribution in [0.5, 0.6) is 0 Å². The van der Waals surface area contributed by atoms with Gasteiger partial charge in [0.2, 0.25) is 0 Å². The molecule has 0 bridgehead atoms. The molecule has 0 saturated heterocycles. The normalized spacial score (nSPS) is 7.93. The summed E-state index contributed by atoms with van der Waals surface area (Å²) in [6.07, 6.45) is 0. The van der Waals surface area contributed by atoms with Crippen LogP contribution in [-0.2, 0) is 38.7 Å². The van der Waals surface area contributed by atoms with Crippen molar-refractivity contribution < 1.29 is 140 Å². The van der Waals surface area contributed by atoms with Crippen LogP contribution in [0.25, 0.3) is 0 Å². The molecule has 0 aliphatic heterocycles. The van der Waals surface area contributed by atoms with Gasteiger partial charge in [-0.15, -0.1) is 0 Å². The van der Waals surface area contributed by atoms with Crippen LogP contribution in [-0.4, -0.2) is 115 Å². The topological polar surface area (TPSA) is 282 Å². The second kappa shape index (κ2) is 28.5. The Morgan fingerprint density at radius 2 is 0.667 bits per heavy atom. The van der Waals surface area contributed by atoms with Crippen molar-refractivity contribution in [3.8, 4) is 0 Å². The van der Waals surface area contributed by atoms with Gasteiger partial charge in [-0.2, -0.15) is 0 Å². The fraction of sp³-hybridized carbons (Fsp3) is 0.600. The molecule has 0 heterocycles. The number of rotatable bonds is 11. The number of carboxylic acid groups (broad SMARTS) is 4. The molecule has 27 heavy (non-hydrogen) atoms. The Morgan fingerprint density at radius 1 is 0.519 bits per heavy atom. The smallest absolute Gasteiger partial charge is 0.480 e. The average Bonchev–Trinajstić information content (AvgIpc) is 2.22. The van der Waals surface area contributed by atoms with E-state index >= 15 is 0 Å². The van der Waals surface area contributed by atoms with Crippen LogP contribution < -0.4 is 59.1 Å². The fourth-order valence-corrected chi connectivity index (χ4v) is 1.48. The molecule has 0 aromatic rings. The van der Waals surface area contributed by atoms with Crippen LogP contribution in [0.15, 0.2) is 0 Å². The Kier molecular flexibility index (Phi) is 53.4. The molecular formula is C10H24N2Na2O12Zn+2. The maximum atomic E-state index is 10.6. The van der Waals surface area contributed by atoms with Gasteiger partial charge in [0.15, 0.2) is 0 Å². The van der Waals surface area contributed by atoms with Gasteiger partial charge >= 0.3 is 83.0 Å². The molecule has 0 fully saturated rings. The summed E-state index contributed by atoms with van der Waals surface area (Å²) in [4.78, 5) is 44.4. The van der Waals surface area contributed by atoms with E-state index in [0.717, 1.165) is 9.80 Å². The van der Waals surface area contributed by atoms with Gasteiger partial charge < -0.3 is 42.3 Å². The number of hydrogen-bond donors (Lipinski definition) is 4. The van der Waals surface area contributed by atoms with Crippen molar-refractivity contribution in [2.45, 2.75) is 0 Å². The number of carbonyl (C=O) groups is 4. The van der Waals surface area contributed by atoms with E-state index in [-0.39, 0.29) is 114 Å². The van der Waals surface area contributed by atoms with Gasteiger partial charge in [-0.1, -0.05) is 0 Å². The van der Waals surface area contributed by atoms with Gasteiger partial charge in [0.25, 0.3) is 0 Å². The molecule has 0 aromatic carbocycles. The molecule has 0 atom stereocenters. The van der Waals surface area contributed by atoms with E-state index in [1.54, 1.807) is 0 Å². The first-order chi connectivity index (χ1) is 9.20. The Morgan fingerprint density at radius 3 is 0.778 bits per heavy atom. The van der Waals surface area contributed by atoms with Crippen molar-refractivity contribution in [3.63, 3.8) is 0 Å². The maximum absolute atomic E-state index is 10.6. The van der Waals surface area contributed by atoms with Crippen LogP contribution in [0.4, 0.5) is 0 Å². The molecule has 0 radical (unpaired) electrons. The molecule has 0 unspecified atom stereocenters. The molecule has 0 spiro atoms. The van der Waals surface area contributed by atoms with Gasteiger partial charge in [0.1, 0.15) is 0 Å². The predicted octanol–water partition coefficient (Wildman–Crippen LogP) is -11.4. The molecule has 0 rings (SSSR count). The summed E-state index contributed by atoms with van der Waals surface area (Å²) in [6.45, 7) is -2.25. The van der Waals surface area contributed by atoms with E-state index in [0.29, 0.717) is 0 Å². The zero-order chi connectivity index (χ0) is 15.7. The zero-order valence-corrected chi connectivity index (χ0v) is 22.2. The first-order valence-electron chi connectivity index (χ1n) is 5.52. The van der Waals surface area contributed by atoms with E-state index in [9.17, 15) is 19.2 Å². The first kappa shape index (κ1) is 50.7. The van der Waals surface area contributed by atoms with Crippen molar-refractivity contribution in [1.82, 2.24) is 9.80 Å². The number of carboxylic acids is 4. The molecule has 14 nitrogen and oxygen atoms in total. The molecular weight excluding hydrogens is 451 g/mol. The number of nitrogens with zero attached hydrogens (tertiary/aromatic N) is 2. The summed E-state index contributed by atoms with van der Waals surface area (Å²) in [5.74, 6) is -4.91. The minimum atomic E-state index is -1.23. The Labute approximate surface area is 211 Å².